The normalized spacial score (nSPS) is 16.8. The Balaban J connectivity index is 1.94. The summed E-state index contributed by atoms with van der Waals surface area (Å²) < 4.78 is 0. The Kier molecular flexibility index (Phi) is 3.53. The maximum absolute atomic E-state index is 12.9. The van der Waals surface area contributed by atoms with Crippen molar-refractivity contribution < 1.29 is 4.79 Å². The zero-order chi connectivity index (χ0) is 14.9. The van der Waals surface area contributed by atoms with Crippen LogP contribution in [0.4, 0.5) is 0 Å². The zero-order valence-corrected chi connectivity index (χ0v) is 12.2. The molecule has 21 heavy (non-hydrogen) atoms. The fourth-order valence-electron chi connectivity index (χ4n) is 2.78. The predicted octanol–water partition coefficient (Wildman–Crippen LogP) is 4.25. The molecular formula is C18H14ClNO. The van der Waals surface area contributed by atoms with Crippen LogP contribution in [0.15, 0.2) is 54.6 Å². The molecule has 104 valence electrons. The lowest BCUT2D eigenvalue weighted by Crippen LogP contribution is -2.26. The lowest BCUT2D eigenvalue weighted by atomic mass is 9.82. The van der Waals surface area contributed by atoms with Crippen molar-refractivity contribution in [3.63, 3.8) is 0 Å². The van der Waals surface area contributed by atoms with Crippen LogP contribution in [0.25, 0.3) is 0 Å². The molecular weight excluding hydrogens is 282 g/mol. The van der Waals surface area contributed by atoms with E-state index in [1.165, 1.54) is 0 Å². The minimum Gasteiger partial charge on any atom is -0.297 e. The number of rotatable bonds is 4. The van der Waals surface area contributed by atoms with E-state index in [0.29, 0.717) is 10.6 Å². The van der Waals surface area contributed by atoms with E-state index in [9.17, 15) is 10.1 Å². The number of benzene rings is 2. The average molecular weight is 296 g/mol. The molecule has 2 aromatic rings. The van der Waals surface area contributed by atoms with Gasteiger partial charge in [-0.1, -0.05) is 54.1 Å². The van der Waals surface area contributed by atoms with Gasteiger partial charge in [0.05, 0.1) is 11.5 Å². The highest BCUT2D eigenvalue weighted by molar-refractivity contribution is 6.30. The molecule has 0 N–H and O–H groups in total. The van der Waals surface area contributed by atoms with E-state index in [1.807, 2.05) is 30.3 Å². The monoisotopic (exact) mass is 295 g/mol. The molecule has 2 aromatic carbocycles. The summed E-state index contributed by atoms with van der Waals surface area (Å²) in [5, 5.41) is 10.1. The highest BCUT2D eigenvalue weighted by atomic mass is 35.5. The van der Waals surface area contributed by atoms with E-state index < -0.39 is 11.3 Å². The summed E-state index contributed by atoms with van der Waals surface area (Å²) in [7, 11) is 0. The number of carbonyl (C=O) groups excluding carboxylic acids is 1. The molecule has 0 bridgehead atoms. The van der Waals surface area contributed by atoms with Crippen LogP contribution in [-0.2, 0) is 10.2 Å². The predicted molar refractivity (Wildman–Crippen MR) is 82.2 cm³/mol. The molecule has 0 spiro atoms. The summed E-state index contributed by atoms with van der Waals surface area (Å²) >= 11 is 5.87. The fourth-order valence-corrected chi connectivity index (χ4v) is 2.90. The SMILES string of the molecule is N#CC(C(=O)C1(c2ccccc2)CC1)c1ccc(Cl)cc1. The van der Waals surface area contributed by atoms with Crippen LogP contribution < -0.4 is 0 Å². The Bertz CT molecular complexity index is 696. The molecule has 1 atom stereocenters. The van der Waals surface area contributed by atoms with Crippen molar-refractivity contribution in [2.45, 2.75) is 24.2 Å². The summed E-state index contributed by atoms with van der Waals surface area (Å²) in [4.78, 5) is 12.9. The third-order valence-corrected chi connectivity index (χ3v) is 4.39. The quantitative estimate of drug-likeness (QED) is 0.846. The number of nitriles is 1. The summed E-state index contributed by atoms with van der Waals surface area (Å²) in [5.41, 5.74) is 1.26. The second-order valence-electron chi connectivity index (χ2n) is 5.43. The fraction of sp³-hybridized carbons (Fsp3) is 0.222. The minimum absolute atomic E-state index is 0.00137. The molecule has 1 fully saturated rings. The van der Waals surface area contributed by atoms with Gasteiger partial charge >= 0.3 is 0 Å². The van der Waals surface area contributed by atoms with Gasteiger partial charge in [0, 0.05) is 5.02 Å². The highest BCUT2D eigenvalue weighted by Crippen LogP contribution is 2.51. The van der Waals surface area contributed by atoms with Crippen LogP contribution in [-0.4, -0.2) is 5.78 Å². The molecule has 0 aliphatic heterocycles. The average Bonchev–Trinajstić information content (AvgIpc) is 3.32. The van der Waals surface area contributed by atoms with Gasteiger partial charge in [-0.25, -0.2) is 0 Å². The molecule has 1 saturated carbocycles. The number of ketones is 1. The van der Waals surface area contributed by atoms with E-state index in [2.05, 4.69) is 6.07 Å². The molecule has 0 saturated heterocycles. The van der Waals surface area contributed by atoms with Gasteiger partial charge in [0.25, 0.3) is 0 Å². The van der Waals surface area contributed by atoms with E-state index in [-0.39, 0.29) is 5.78 Å². The molecule has 3 rings (SSSR count). The van der Waals surface area contributed by atoms with Crippen LogP contribution in [0.5, 0.6) is 0 Å². The van der Waals surface area contributed by atoms with Gasteiger partial charge in [0.15, 0.2) is 5.78 Å². The third-order valence-electron chi connectivity index (χ3n) is 4.14. The maximum atomic E-state index is 12.9. The van der Waals surface area contributed by atoms with Crippen LogP contribution in [0, 0.1) is 11.3 Å². The number of carbonyl (C=O) groups is 1. The van der Waals surface area contributed by atoms with Gasteiger partial charge in [-0.3, -0.25) is 4.79 Å². The van der Waals surface area contributed by atoms with E-state index in [1.54, 1.807) is 24.3 Å². The summed E-state index contributed by atoms with van der Waals surface area (Å²) in [6, 6.07) is 18.9. The van der Waals surface area contributed by atoms with E-state index in [4.69, 9.17) is 11.6 Å². The van der Waals surface area contributed by atoms with Gasteiger partial charge in [-0.05, 0) is 36.1 Å². The first-order valence-electron chi connectivity index (χ1n) is 6.92. The first-order chi connectivity index (χ1) is 10.2. The highest BCUT2D eigenvalue weighted by Gasteiger charge is 2.53. The number of halogens is 1. The first-order valence-corrected chi connectivity index (χ1v) is 7.30. The van der Waals surface area contributed by atoms with Gasteiger partial charge in [0.2, 0.25) is 0 Å². The molecule has 1 unspecified atom stereocenters. The molecule has 0 radical (unpaired) electrons. The van der Waals surface area contributed by atoms with Crippen molar-refractivity contribution in [2.75, 3.05) is 0 Å². The summed E-state index contributed by atoms with van der Waals surface area (Å²) in [6.45, 7) is 0. The number of hydrogen-bond acceptors (Lipinski definition) is 2. The molecule has 1 aliphatic rings. The first kappa shape index (κ1) is 13.9. The standard InChI is InChI=1S/C18H14ClNO/c19-15-8-6-13(7-9-15)16(12-20)17(21)18(10-11-18)14-4-2-1-3-5-14/h1-9,16H,10-11H2. The van der Waals surface area contributed by atoms with Crippen LogP contribution in [0.3, 0.4) is 0 Å². The van der Waals surface area contributed by atoms with Crippen molar-refractivity contribution in [2.24, 2.45) is 0 Å². The molecule has 0 heterocycles. The van der Waals surface area contributed by atoms with Crippen LogP contribution in [0.1, 0.15) is 29.9 Å². The van der Waals surface area contributed by atoms with Crippen molar-refractivity contribution in [1.29, 1.82) is 5.26 Å². The molecule has 0 aromatic heterocycles. The lowest BCUT2D eigenvalue weighted by Gasteiger charge is -2.18. The Morgan fingerprint density at radius 3 is 2.24 bits per heavy atom. The second-order valence-corrected chi connectivity index (χ2v) is 5.86. The van der Waals surface area contributed by atoms with Crippen LogP contribution in [0.2, 0.25) is 5.02 Å². The Hall–Kier alpha value is -2.11. The van der Waals surface area contributed by atoms with Crippen molar-refractivity contribution in [3.05, 3.63) is 70.7 Å². The largest absolute Gasteiger partial charge is 0.297 e. The second kappa shape index (κ2) is 5.35. The third kappa shape index (κ3) is 2.46. The van der Waals surface area contributed by atoms with Crippen LogP contribution >= 0.6 is 11.6 Å². The molecule has 1 aliphatic carbocycles. The maximum Gasteiger partial charge on any atom is 0.164 e. The summed E-state index contributed by atoms with van der Waals surface area (Å²) in [6.07, 6.45) is 1.64. The van der Waals surface area contributed by atoms with E-state index >= 15 is 0 Å². The minimum atomic E-state index is -0.732. The zero-order valence-electron chi connectivity index (χ0n) is 11.4. The molecule has 0 amide bonds. The Morgan fingerprint density at radius 2 is 1.71 bits per heavy atom. The van der Waals surface area contributed by atoms with Crippen molar-refractivity contribution in [3.8, 4) is 6.07 Å². The topological polar surface area (TPSA) is 40.9 Å². The number of hydrogen-bond donors (Lipinski definition) is 0. The number of Topliss-reactive ketones (excluding diaryl/α,β-unsaturated/α-hetero) is 1. The van der Waals surface area contributed by atoms with Gasteiger partial charge in [0.1, 0.15) is 5.92 Å². The van der Waals surface area contributed by atoms with Gasteiger partial charge < -0.3 is 0 Å². The number of nitrogens with zero attached hydrogens (tertiary/aromatic N) is 1. The Labute approximate surface area is 129 Å². The molecule has 3 heteroatoms. The Morgan fingerprint density at radius 1 is 1.10 bits per heavy atom. The lowest BCUT2D eigenvalue weighted by molar-refractivity contribution is -0.121. The van der Waals surface area contributed by atoms with Gasteiger partial charge in [-0.2, -0.15) is 5.26 Å². The van der Waals surface area contributed by atoms with Crippen molar-refractivity contribution >= 4 is 17.4 Å². The summed E-state index contributed by atoms with van der Waals surface area (Å²) in [5.74, 6) is -0.733. The van der Waals surface area contributed by atoms with Gasteiger partial charge in [-0.15, -0.1) is 0 Å². The van der Waals surface area contributed by atoms with E-state index in [0.717, 1.165) is 18.4 Å². The smallest absolute Gasteiger partial charge is 0.164 e. The molecule has 2 nitrogen and oxygen atoms in total. The van der Waals surface area contributed by atoms with Crippen molar-refractivity contribution in [1.82, 2.24) is 0 Å².